The van der Waals surface area contributed by atoms with E-state index in [1.54, 1.807) is 0 Å². The Kier molecular flexibility index (Phi) is 18.3. The number of carbonyl (C=O) groups is 1. The number of aliphatic hydroxyl groups excluding tert-OH is 15. The molecule has 0 aromatic rings. The normalized spacial score (nSPS) is 49.7. The molecule has 18 N–H and O–H groups in total. The lowest BCUT2D eigenvalue weighted by molar-refractivity contribution is -0.391. The van der Waals surface area contributed by atoms with E-state index in [9.17, 15) is 86.5 Å². The zero-order valence-electron chi connectivity index (χ0n) is 32.1. The van der Waals surface area contributed by atoms with Crippen molar-refractivity contribution in [1.29, 1.82) is 0 Å². The van der Waals surface area contributed by atoms with Crippen molar-refractivity contribution in [3.05, 3.63) is 0 Å². The van der Waals surface area contributed by atoms with Gasteiger partial charge < -0.3 is 135 Å². The van der Waals surface area contributed by atoms with E-state index < -0.39 is 186 Å². The molecule has 356 valence electrons. The molecule has 0 saturated carbocycles. The number of nitrogens with two attached hydrogens (primary N) is 1. The van der Waals surface area contributed by atoms with E-state index in [-0.39, 0.29) is 13.2 Å². The minimum atomic E-state index is -2.26. The van der Waals surface area contributed by atoms with Gasteiger partial charge in [-0.05, 0) is 13.0 Å². The van der Waals surface area contributed by atoms with Crippen molar-refractivity contribution >= 4 is 5.97 Å². The fourth-order valence-electron chi connectivity index (χ4n) is 7.41. The molecule has 0 amide bonds. The Morgan fingerprint density at radius 1 is 0.426 bits per heavy atom. The third-order valence-corrected chi connectivity index (χ3v) is 10.9. The van der Waals surface area contributed by atoms with Crippen molar-refractivity contribution in [2.75, 3.05) is 39.6 Å². The summed E-state index contributed by atoms with van der Waals surface area (Å²) < 4.78 is 54.7. The number of ether oxygens (including phenoxy) is 10. The third kappa shape index (κ3) is 10.8. The maximum Gasteiger partial charge on any atom is 0.335 e. The van der Waals surface area contributed by atoms with Gasteiger partial charge in [-0.15, -0.1) is 0 Å². The zero-order chi connectivity index (χ0) is 45.0. The first-order valence-electron chi connectivity index (χ1n) is 19.3. The topological polar surface area (TPSA) is 459 Å². The lowest BCUT2D eigenvalue weighted by Gasteiger charge is -2.49. The Hall–Kier alpha value is -1.57. The van der Waals surface area contributed by atoms with E-state index in [0.29, 0.717) is 6.42 Å². The third-order valence-electron chi connectivity index (χ3n) is 10.9. The fourth-order valence-corrected chi connectivity index (χ4v) is 7.41. The van der Waals surface area contributed by atoms with Crippen molar-refractivity contribution in [2.24, 2.45) is 5.73 Å². The van der Waals surface area contributed by atoms with Gasteiger partial charge in [-0.2, -0.15) is 0 Å². The molecule has 28 nitrogen and oxygen atoms in total. The maximum atomic E-state index is 12.4. The average Bonchev–Trinajstić information content (AvgIpc) is 3.24. The van der Waals surface area contributed by atoms with Gasteiger partial charge in [0.15, 0.2) is 37.6 Å². The van der Waals surface area contributed by atoms with Crippen LogP contribution in [-0.4, -0.2) is 281 Å². The second-order valence-corrected chi connectivity index (χ2v) is 15.0. The maximum absolute atomic E-state index is 12.4. The summed E-state index contributed by atoms with van der Waals surface area (Å²) in [6, 6.07) is 0. The molecule has 5 aliphatic rings. The molecule has 5 saturated heterocycles. The van der Waals surface area contributed by atoms with Gasteiger partial charge in [0.25, 0.3) is 0 Å². The van der Waals surface area contributed by atoms with Crippen LogP contribution in [0.3, 0.4) is 0 Å². The van der Waals surface area contributed by atoms with Crippen molar-refractivity contribution in [3.63, 3.8) is 0 Å². The first kappa shape index (κ1) is 50.4. The molecular formula is C33H57NO27. The predicted molar refractivity (Wildman–Crippen MR) is 184 cm³/mol. The first-order chi connectivity index (χ1) is 28.9. The molecule has 25 atom stereocenters. The van der Waals surface area contributed by atoms with Crippen LogP contribution < -0.4 is 5.73 Å². The van der Waals surface area contributed by atoms with E-state index in [1.807, 2.05) is 0 Å². The highest BCUT2D eigenvalue weighted by atomic mass is 16.8. The Morgan fingerprint density at radius 2 is 0.754 bits per heavy atom. The largest absolute Gasteiger partial charge is 0.479 e. The second-order valence-electron chi connectivity index (χ2n) is 15.0. The van der Waals surface area contributed by atoms with E-state index >= 15 is 0 Å². The van der Waals surface area contributed by atoms with Crippen molar-refractivity contribution < 1.29 is 134 Å². The van der Waals surface area contributed by atoms with Crippen LogP contribution in [-0.2, 0) is 52.2 Å². The van der Waals surface area contributed by atoms with Gasteiger partial charge in [-0.1, -0.05) is 0 Å². The summed E-state index contributed by atoms with van der Waals surface area (Å²) in [6.45, 7) is -3.42. The van der Waals surface area contributed by atoms with Crippen molar-refractivity contribution in [1.82, 2.24) is 0 Å². The number of aliphatic carboxylic acids is 1. The molecule has 5 fully saturated rings. The minimum absolute atomic E-state index is 0.0129. The molecule has 5 aliphatic heterocycles. The van der Waals surface area contributed by atoms with Crippen LogP contribution in [0, 0.1) is 0 Å². The zero-order valence-corrected chi connectivity index (χ0v) is 32.1. The first-order valence-corrected chi connectivity index (χ1v) is 19.3. The van der Waals surface area contributed by atoms with Gasteiger partial charge >= 0.3 is 5.97 Å². The Bertz CT molecular complexity index is 1350. The highest BCUT2D eigenvalue weighted by Gasteiger charge is 2.57. The van der Waals surface area contributed by atoms with Gasteiger partial charge in [0.2, 0.25) is 0 Å². The lowest BCUT2D eigenvalue weighted by Crippen LogP contribution is -2.68. The molecule has 28 heteroatoms. The highest BCUT2D eigenvalue weighted by molar-refractivity contribution is 5.73. The average molecular weight is 900 g/mol. The summed E-state index contributed by atoms with van der Waals surface area (Å²) in [5.74, 6) is -1.84. The number of rotatable bonds is 17. The van der Waals surface area contributed by atoms with E-state index in [4.69, 9.17) is 53.1 Å². The molecule has 0 radical (unpaired) electrons. The molecule has 0 aromatic carbocycles. The summed E-state index contributed by atoms with van der Waals surface area (Å²) in [5.41, 5.74) is 5.42. The predicted octanol–water partition coefficient (Wildman–Crippen LogP) is -11.5. The summed E-state index contributed by atoms with van der Waals surface area (Å²) in [5, 5.41) is 168. The Morgan fingerprint density at radius 3 is 1.15 bits per heavy atom. The minimum Gasteiger partial charge on any atom is -0.479 e. The van der Waals surface area contributed by atoms with Crippen LogP contribution in [0.25, 0.3) is 0 Å². The number of carboxylic acids is 1. The lowest BCUT2D eigenvalue weighted by atomic mass is 9.95. The van der Waals surface area contributed by atoms with Gasteiger partial charge in [-0.3, -0.25) is 0 Å². The molecule has 0 aliphatic carbocycles. The van der Waals surface area contributed by atoms with Crippen LogP contribution in [0.1, 0.15) is 6.42 Å². The smallest absolute Gasteiger partial charge is 0.335 e. The van der Waals surface area contributed by atoms with Crippen LogP contribution in [0.5, 0.6) is 0 Å². The van der Waals surface area contributed by atoms with E-state index in [2.05, 4.69) is 0 Å². The molecule has 0 aromatic heterocycles. The summed E-state index contributed by atoms with van der Waals surface area (Å²) in [4.78, 5) is 12.4. The molecule has 5 heterocycles. The van der Waals surface area contributed by atoms with E-state index in [0.717, 1.165) is 0 Å². The second kappa shape index (κ2) is 22.1. The fraction of sp³-hybridized carbons (Fsp3) is 0.970. The van der Waals surface area contributed by atoms with Crippen molar-refractivity contribution in [3.8, 4) is 0 Å². The number of carboxylic acid groups (broad SMARTS) is 1. The van der Waals surface area contributed by atoms with Gasteiger partial charge in [0.05, 0.1) is 33.0 Å². The van der Waals surface area contributed by atoms with Crippen LogP contribution in [0.2, 0.25) is 0 Å². The summed E-state index contributed by atoms with van der Waals surface area (Å²) in [7, 11) is 0. The Balaban J connectivity index is 1.23. The SMILES string of the molecule is NCCCOC1OC(CO)C(OC2OC(C(=O)O)C(OC3OC(CO)C(OC4OC(CO)C(OC5OC(CO)C(O)C(O)C5O)C(O)C4O)C(O)C3O)C(O)C2O)C(O)C1O. The number of hydrogen-bond acceptors (Lipinski definition) is 27. The standard InChI is InChI=1S/C33H57NO27/c34-2-1-3-52-29-19(46)14(41)23(9(5-36)54-29)59-33-22(49)17(44)26(27(61-33)28(50)51)60-32-21(48)16(43)25(11(7-38)56-32)58-31-20(47)15(42)24(10(6-37)55-31)57-30-18(45)13(40)12(39)8(4-35)53-30/h8-27,29-33,35-49H,1-7,34H2,(H,50,51). The molecule has 25 unspecified atom stereocenters. The van der Waals surface area contributed by atoms with Gasteiger partial charge in [-0.25, -0.2) is 4.79 Å². The molecule has 0 spiro atoms. The van der Waals surface area contributed by atoms with E-state index in [1.165, 1.54) is 0 Å². The monoisotopic (exact) mass is 899 g/mol. The molecular weight excluding hydrogens is 842 g/mol. The van der Waals surface area contributed by atoms with Crippen LogP contribution >= 0.6 is 0 Å². The quantitative estimate of drug-likeness (QED) is 0.0603. The van der Waals surface area contributed by atoms with Crippen LogP contribution in [0.4, 0.5) is 0 Å². The van der Waals surface area contributed by atoms with Crippen LogP contribution in [0.15, 0.2) is 0 Å². The highest BCUT2D eigenvalue weighted by Crippen LogP contribution is 2.36. The number of hydrogen-bond donors (Lipinski definition) is 17. The molecule has 5 rings (SSSR count). The summed E-state index contributed by atoms with van der Waals surface area (Å²) >= 11 is 0. The Labute approximate surface area is 345 Å². The summed E-state index contributed by atoms with van der Waals surface area (Å²) in [6.07, 6.45) is -47.3. The number of aliphatic hydroxyl groups is 15. The van der Waals surface area contributed by atoms with Crippen molar-refractivity contribution in [2.45, 2.75) is 160 Å². The van der Waals surface area contributed by atoms with Gasteiger partial charge in [0, 0.05) is 0 Å². The van der Waals surface area contributed by atoms with Gasteiger partial charge in [0.1, 0.15) is 116 Å². The molecule has 61 heavy (non-hydrogen) atoms. The molecule has 0 bridgehead atoms.